The molecule has 5 nitrogen and oxygen atoms in total. The van der Waals surface area contributed by atoms with E-state index in [-0.39, 0.29) is 5.91 Å². The molecular formula is C15H20N4O. The van der Waals surface area contributed by atoms with Gasteiger partial charge in [-0.25, -0.2) is 0 Å². The van der Waals surface area contributed by atoms with E-state index >= 15 is 0 Å². The van der Waals surface area contributed by atoms with Crippen molar-refractivity contribution < 1.29 is 4.79 Å². The number of hydrogen-bond acceptors (Lipinski definition) is 3. The van der Waals surface area contributed by atoms with Gasteiger partial charge in [0.25, 0.3) is 0 Å². The smallest absolute Gasteiger partial charge is 0.224 e. The molecule has 1 amide bonds. The Morgan fingerprint density at radius 3 is 2.50 bits per heavy atom. The summed E-state index contributed by atoms with van der Waals surface area (Å²) in [5.41, 5.74) is 1.78. The first-order valence-electron chi connectivity index (χ1n) is 6.94. The number of amides is 1. The van der Waals surface area contributed by atoms with Gasteiger partial charge in [-0.2, -0.15) is 0 Å². The highest BCUT2D eigenvalue weighted by Gasteiger charge is 2.06. The van der Waals surface area contributed by atoms with E-state index in [4.69, 9.17) is 0 Å². The summed E-state index contributed by atoms with van der Waals surface area (Å²) in [5, 5.41) is 10.4. The molecule has 1 aromatic heterocycles. The van der Waals surface area contributed by atoms with Crippen LogP contribution in [0.2, 0.25) is 0 Å². The van der Waals surface area contributed by atoms with Crippen LogP contribution >= 0.6 is 0 Å². The van der Waals surface area contributed by atoms with Crippen LogP contribution in [0.15, 0.2) is 36.9 Å². The normalized spacial score (nSPS) is 12.1. The third-order valence-electron chi connectivity index (χ3n) is 3.43. The second-order valence-electron chi connectivity index (χ2n) is 5.02. The number of anilines is 1. The number of carbonyl (C=O) groups excluding carboxylic acids is 1. The van der Waals surface area contributed by atoms with E-state index in [0.717, 1.165) is 24.2 Å². The van der Waals surface area contributed by atoms with Gasteiger partial charge in [0, 0.05) is 17.8 Å². The molecule has 2 aromatic rings. The van der Waals surface area contributed by atoms with Gasteiger partial charge in [-0.1, -0.05) is 20.3 Å². The number of carbonyl (C=O) groups is 1. The zero-order valence-electron chi connectivity index (χ0n) is 11.9. The van der Waals surface area contributed by atoms with Crippen molar-refractivity contribution in [2.24, 2.45) is 5.92 Å². The minimum absolute atomic E-state index is 0.0716. The van der Waals surface area contributed by atoms with Gasteiger partial charge in [-0.05, 0) is 36.6 Å². The average Bonchev–Trinajstić information content (AvgIpc) is 2.99. The van der Waals surface area contributed by atoms with Crippen LogP contribution in [-0.2, 0) is 4.79 Å². The molecule has 20 heavy (non-hydrogen) atoms. The van der Waals surface area contributed by atoms with E-state index in [9.17, 15) is 4.79 Å². The molecule has 0 spiro atoms. The summed E-state index contributed by atoms with van der Waals surface area (Å²) >= 11 is 0. The molecule has 0 saturated carbocycles. The van der Waals surface area contributed by atoms with Crippen molar-refractivity contribution in [2.75, 3.05) is 5.32 Å². The van der Waals surface area contributed by atoms with Crippen molar-refractivity contribution in [2.45, 2.75) is 33.1 Å². The van der Waals surface area contributed by atoms with Crippen LogP contribution in [0.5, 0.6) is 0 Å². The largest absolute Gasteiger partial charge is 0.326 e. The monoisotopic (exact) mass is 272 g/mol. The standard InChI is InChI=1S/C15H20N4O/c1-3-12(2)4-9-15(20)18-13-5-7-14(8-6-13)19-10-16-17-11-19/h5-8,10-12H,3-4,9H2,1-2H3,(H,18,20). The molecule has 1 N–H and O–H groups in total. The Labute approximate surface area is 119 Å². The second-order valence-corrected chi connectivity index (χ2v) is 5.02. The third-order valence-corrected chi connectivity index (χ3v) is 3.43. The van der Waals surface area contributed by atoms with Crippen LogP contribution in [0.4, 0.5) is 5.69 Å². The summed E-state index contributed by atoms with van der Waals surface area (Å²) in [4.78, 5) is 11.8. The Hall–Kier alpha value is -2.17. The fourth-order valence-corrected chi connectivity index (χ4v) is 1.86. The zero-order valence-corrected chi connectivity index (χ0v) is 11.9. The van der Waals surface area contributed by atoms with E-state index in [1.54, 1.807) is 12.7 Å². The molecule has 0 aliphatic rings. The van der Waals surface area contributed by atoms with Crippen molar-refractivity contribution in [1.29, 1.82) is 0 Å². The lowest BCUT2D eigenvalue weighted by atomic mass is 10.0. The number of rotatable bonds is 6. The van der Waals surface area contributed by atoms with Gasteiger partial charge >= 0.3 is 0 Å². The third kappa shape index (κ3) is 3.91. The average molecular weight is 272 g/mol. The molecule has 1 aromatic carbocycles. The van der Waals surface area contributed by atoms with Gasteiger partial charge in [0.15, 0.2) is 0 Å². The summed E-state index contributed by atoms with van der Waals surface area (Å²) in [6.07, 6.45) is 5.89. The van der Waals surface area contributed by atoms with E-state index in [0.29, 0.717) is 12.3 Å². The highest BCUT2D eigenvalue weighted by atomic mass is 16.1. The maximum absolute atomic E-state index is 11.8. The molecule has 0 saturated heterocycles. The summed E-state index contributed by atoms with van der Waals surface area (Å²) < 4.78 is 1.81. The van der Waals surface area contributed by atoms with Crippen molar-refractivity contribution in [3.8, 4) is 5.69 Å². The lowest BCUT2D eigenvalue weighted by Crippen LogP contribution is -2.12. The van der Waals surface area contributed by atoms with Crippen molar-refractivity contribution in [3.05, 3.63) is 36.9 Å². The van der Waals surface area contributed by atoms with Gasteiger partial charge in [0.2, 0.25) is 5.91 Å². The quantitative estimate of drug-likeness (QED) is 0.879. The molecule has 0 bridgehead atoms. The van der Waals surface area contributed by atoms with Gasteiger partial charge in [0.1, 0.15) is 12.7 Å². The fourth-order valence-electron chi connectivity index (χ4n) is 1.86. The first-order valence-corrected chi connectivity index (χ1v) is 6.94. The second kappa shape index (κ2) is 6.84. The lowest BCUT2D eigenvalue weighted by Gasteiger charge is -2.09. The molecule has 1 atom stereocenters. The summed E-state index contributed by atoms with van der Waals surface area (Å²) in [6, 6.07) is 7.62. The molecule has 1 heterocycles. The predicted molar refractivity (Wildman–Crippen MR) is 78.7 cm³/mol. The van der Waals surface area contributed by atoms with Gasteiger partial charge < -0.3 is 5.32 Å². The van der Waals surface area contributed by atoms with E-state index in [2.05, 4.69) is 29.4 Å². The van der Waals surface area contributed by atoms with Crippen LogP contribution in [0.1, 0.15) is 33.1 Å². The van der Waals surface area contributed by atoms with Crippen molar-refractivity contribution >= 4 is 11.6 Å². The number of benzene rings is 1. The number of hydrogen-bond donors (Lipinski definition) is 1. The zero-order chi connectivity index (χ0) is 14.4. The lowest BCUT2D eigenvalue weighted by molar-refractivity contribution is -0.116. The molecule has 5 heteroatoms. The Bertz CT molecular complexity index is 534. The Morgan fingerprint density at radius 2 is 1.90 bits per heavy atom. The number of aromatic nitrogens is 3. The SMILES string of the molecule is CCC(C)CCC(=O)Nc1ccc(-n2cnnc2)cc1. The summed E-state index contributed by atoms with van der Waals surface area (Å²) in [7, 11) is 0. The molecule has 0 radical (unpaired) electrons. The van der Waals surface area contributed by atoms with Gasteiger partial charge in [0.05, 0.1) is 0 Å². The maximum atomic E-state index is 11.8. The van der Waals surface area contributed by atoms with Crippen LogP contribution < -0.4 is 5.32 Å². The first-order chi connectivity index (χ1) is 9.69. The van der Waals surface area contributed by atoms with Gasteiger partial charge in [-0.3, -0.25) is 9.36 Å². The van der Waals surface area contributed by atoms with Crippen LogP contribution in [0.25, 0.3) is 5.69 Å². The van der Waals surface area contributed by atoms with Crippen molar-refractivity contribution in [1.82, 2.24) is 14.8 Å². The fraction of sp³-hybridized carbons (Fsp3) is 0.400. The highest BCUT2D eigenvalue weighted by molar-refractivity contribution is 5.90. The molecule has 0 fully saturated rings. The number of nitrogens with one attached hydrogen (secondary N) is 1. The van der Waals surface area contributed by atoms with Crippen molar-refractivity contribution in [3.63, 3.8) is 0 Å². The molecule has 1 unspecified atom stereocenters. The minimum Gasteiger partial charge on any atom is -0.326 e. The van der Waals surface area contributed by atoms with Crippen LogP contribution in [0.3, 0.4) is 0 Å². The Balaban J connectivity index is 1.89. The molecular weight excluding hydrogens is 252 g/mol. The van der Waals surface area contributed by atoms with Crippen LogP contribution in [0, 0.1) is 5.92 Å². The minimum atomic E-state index is 0.0716. The van der Waals surface area contributed by atoms with Crippen LogP contribution in [-0.4, -0.2) is 20.7 Å². The molecule has 0 aliphatic carbocycles. The summed E-state index contributed by atoms with van der Waals surface area (Å²) in [5.74, 6) is 0.666. The predicted octanol–water partition coefficient (Wildman–Crippen LogP) is 3.03. The maximum Gasteiger partial charge on any atom is 0.224 e. The topological polar surface area (TPSA) is 59.8 Å². The van der Waals surface area contributed by atoms with E-state index in [1.807, 2.05) is 28.8 Å². The van der Waals surface area contributed by atoms with E-state index in [1.165, 1.54) is 0 Å². The van der Waals surface area contributed by atoms with E-state index < -0.39 is 0 Å². The Morgan fingerprint density at radius 1 is 1.25 bits per heavy atom. The van der Waals surface area contributed by atoms with Gasteiger partial charge in [-0.15, -0.1) is 10.2 Å². The molecule has 2 rings (SSSR count). The highest BCUT2D eigenvalue weighted by Crippen LogP contribution is 2.14. The number of nitrogens with zero attached hydrogens (tertiary/aromatic N) is 3. The first kappa shape index (κ1) is 14.2. The Kier molecular flexibility index (Phi) is 4.87. The molecule has 106 valence electrons. The summed E-state index contributed by atoms with van der Waals surface area (Å²) in [6.45, 7) is 4.31. The molecule has 0 aliphatic heterocycles.